The van der Waals surface area contributed by atoms with E-state index >= 15 is 0 Å². The maximum atomic E-state index is 11.9. The number of rotatable bonds is 3. The second kappa shape index (κ2) is 4.94. The molecule has 0 saturated heterocycles. The van der Waals surface area contributed by atoms with Gasteiger partial charge in [0.25, 0.3) is 11.6 Å². The lowest BCUT2D eigenvalue weighted by Gasteiger charge is -2.03. The number of aromatic nitrogens is 3. The van der Waals surface area contributed by atoms with Crippen molar-refractivity contribution in [2.75, 3.05) is 11.1 Å². The van der Waals surface area contributed by atoms with Crippen LogP contribution in [0.4, 0.5) is 16.6 Å². The first-order chi connectivity index (χ1) is 8.97. The number of nitrogen functional groups attached to an aromatic ring is 1. The van der Waals surface area contributed by atoms with Gasteiger partial charge in [-0.25, -0.2) is 4.98 Å². The van der Waals surface area contributed by atoms with E-state index in [2.05, 4.69) is 20.5 Å². The Morgan fingerprint density at radius 3 is 2.84 bits per heavy atom. The van der Waals surface area contributed by atoms with Crippen LogP contribution in [0.2, 0.25) is 0 Å². The minimum Gasteiger partial charge on any atom is -0.383 e. The monoisotopic (exact) mass is 280 g/mol. The number of nitrogens with one attached hydrogen (secondary N) is 1. The van der Waals surface area contributed by atoms with Gasteiger partial charge in [-0.15, -0.1) is 10.2 Å². The van der Waals surface area contributed by atoms with E-state index in [9.17, 15) is 14.9 Å². The Hall–Kier alpha value is -2.62. The minimum atomic E-state index is -0.654. The quantitative estimate of drug-likeness (QED) is 0.631. The Kier molecular flexibility index (Phi) is 3.33. The molecule has 0 aromatic carbocycles. The number of pyridine rings is 1. The summed E-state index contributed by atoms with van der Waals surface area (Å²) in [6.07, 6.45) is 0.987. The zero-order chi connectivity index (χ0) is 14.0. The standard InChI is InChI=1S/C9H8N6O3S/c1-4-13-14-9(19-4)12-8(16)6-2-5(15(17)18)3-11-7(6)10/h2-3H,1H3,(H2,10,11)(H,12,14,16). The predicted molar refractivity (Wildman–Crippen MR) is 67.9 cm³/mol. The van der Waals surface area contributed by atoms with Crippen LogP contribution in [0.15, 0.2) is 12.3 Å². The molecular formula is C9H8N6O3S. The van der Waals surface area contributed by atoms with Gasteiger partial charge in [-0.1, -0.05) is 11.3 Å². The Balaban J connectivity index is 2.27. The smallest absolute Gasteiger partial charge is 0.288 e. The number of anilines is 2. The molecule has 10 heteroatoms. The van der Waals surface area contributed by atoms with E-state index in [0.717, 1.165) is 12.3 Å². The van der Waals surface area contributed by atoms with E-state index in [1.165, 1.54) is 11.3 Å². The summed E-state index contributed by atoms with van der Waals surface area (Å²) in [6.45, 7) is 1.73. The third-order valence-electron chi connectivity index (χ3n) is 2.11. The number of amides is 1. The molecule has 9 nitrogen and oxygen atoms in total. The van der Waals surface area contributed by atoms with E-state index in [1.54, 1.807) is 6.92 Å². The molecular weight excluding hydrogens is 272 g/mol. The number of aryl methyl sites for hydroxylation is 1. The van der Waals surface area contributed by atoms with Crippen molar-refractivity contribution in [3.8, 4) is 0 Å². The molecule has 0 radical (unpaired) electrons. The van der Waals surface area contributed by atoms with Gasteiger partial charge >= 0.3 is 0 Å². The number of carbonyl (C=O) groups is 1. The average molecular weight is 280 g/mol. The summed E-state index contributed by atoms with van der Waals surface area (Å²) in [4.78, 5) is 25.5. The highest BCUT2D eigenvalue weighted by Gasteiger charge is 2.17. The van der Waals surface area contributed by atoms with Gasteiger partial charge in [-0.2, -0.15) is 0 Å². The fourth-order valence-corrected chi connectivity index (χ4v) is 1.84. The molecule has 1 amide bonds. The Labute approximate surface area is 110 Å². The molecule has 3 N–H and O–H groups in total. The molecule has 98 valence electrons. The number of carbonyl (C=O) groups excluding carboxylic acids is 1. The Morgan fingerprint density at radius 1 is 1.53 bits per heavy atom. The fourth-order valence-electron chi connectivity index (χ4n) is 1.26. The largest absolute Gasteiger partial charge is 0.383 e. The second-order valence-corrected chi connectivity index (χ2v) is 4.65. The first-order valence-corrected chi connectivity index (χ1v) is 5.80. The molecule has 2 heterocycles. The van der Waals surface area contributed by atoms with Crippen LogP contribution in [0.25, 0.3) is 0 Å². The Morgan fingerprint density at radius 2 is 2.26 bits per heavy atom. The van der Waals surface area contributed by atoms with E-state index in [4.69, 9.17) is 5.73 Å². The van der Waals surface area contributed by atoms with Gasteiger partial charge in [0.05, 0.1) is 10.5 Å². The summed E-state index contributed by atoms with van der Waals surface area (Å²) in [7, 11) is 0. The lowest BCUT2D eigenvalue weighted by Crippen LogP contribution is -2.15. The van der Waals surface area contributed by atoms with Gasteiger partial charge in [0.15, 0.2) is 0 Å². The molecule has 0 spiro atoms. The van der Waals surface area contributed by atoms with Crippen molar-refractivity contribution in [1.82, 2.24) is 15.2 Å². The number of hydrogen-bond donors (Lipinski definition) is 2. The molecule has 2 aromatic heterocycles. The Bertz CT molecular complexity index is 655. The van der Waals surface area contributed by atoms with Crippen molar-refractivity contribution in [2.24, 2.45) is 0 Å². The summed E-state index contributed by atoms with van der Waals surface area (Å²) in [5.74, 6) is -0.714. The number of hydrogen-bond acceptors (Lipinski definition) is 8. The molecule has 0 saturated carbocycles. The first kappa shape index (κ1) is 12.8. The summed E-state index contributed by atoms with van der Waals surface area (Å²) in [6, 6.07) is 1.06. The highest BCUT2D eigenvalue weighted by atomic mass is 32.1. The molecule has 19 heavy (non-hydrogen) atoms. The van der Waals surface area contributed by atoms with Crippen LogP contribution in [0, 0.1) is 17.0 Å². The number of nitrogens with zero attached hydrogens (tertiary/aromatic N) is 4. The molecule has 0 unspecified atom stereocenters. The van der Waals surface area contributed by atoms with E-state index in [1.807, 2.05) is 0 Å². The van der Waals surface area contributed by atoms with E-state index in [-0.39, 0.29) is 22.2 Å². The molecule has 0 bridgehead atoms. The van der Waals surface area contributed by atoms with Crippen molar-refractivity contribution < 1.29 is 9.72 Å². The van der Waals surface area contributed by atoms with E-state index < -0.39 is 10.8 Å². The molecule has 2 rings (SSSR count). The third kappa shape index (κ3) is 2.80. The second-order valence-electron chi connectivity index (χ2n) is 3.46. The van der Waals surface area contributed by atoms with Crippen LogP contribution in [0.1, 0.15) is 15.4 Å². The molecule has 0 aliphatic heterocycles. The topological polar surface area (TPSA) is 137 Å². The van der Waals surface area contributed by atoms with Crippen molar-refractivity contribution in [3.63, 3.8) is 0 Å². The zero-order valence-electron chi connectivity index (χ0n) is 9.65. The first-order valence-electron chi connectivity index (χ1n) is 4.98. The highest BCUT2D eigenvalue weighted by Crippen LogP contribution is 2.19. The van der Waals surface area contributed by atoms with Gasteiger partial charge in [-0.05, 0) is 6.92 Å². The van der Waals surface area contributed by atoms with Crippen molar-refractivity contribution in [1.29, 1.82) is 0 Å². The van der Waals surface area contributed by atoms with Crippen LogP contribution >= 0.6 is 11.3 Å². The SMILES string of the molecule is Cc1nnc(NC(=O)c2cc([N+](=O)[O-])cnc2N)s1. The minimum absolute atomic E-state index is 0.0814. The predicted octanol–water partition coefficient (Wildman–Crippen LogP) is 0.984. The van der Waals surface area contributed by atoms with Gasteiger partial charge in [0, 0.05) is 6.07 Å². The maximum absolute atomic E-state index is 11.9. The molecule has 0 aliphatic carbocycles. The van der Waals surface area contributed by atoms with Gasteiger partial charge in [0.2, 0.25) is 5.13 Å². The summed E-state index contributed by atoms with van der Waals surface area (Å²) >= 11 is 1.18. The fraction of sp³-hybridized carbons (Fsp3) is 0.111. The number of nitrogens with two attached hydrogens (primary N) is 1. The van der Waals surface area contributed by atoms with Crippen LogP contribution in [-0.4, -0.2) is 26.0 Å². The van der Waals surface area contributed by atoms with Crippen molar-refractivity contribution >= 4 is 33.9 Å². The van der Waals surface area contributed by atoms with Crippen LogP contribution in [0.5, 0.6) is 0 Å². The van der Waals surface area contributed by atoms with Crippen LogP contribution in [0.3, 0.4) is 0 Å². The lowest BCUT2D eigenvalue weighted by molar-refractivity contribution is -0.385. The average Bonchev–Trinajstić information content (AvgIpc) is 2.74. The summed E-state index contributed by atoms with van der Waals surface area (Å²) in [5, 5.41) is 21.5. The zero-order valence-corrected chi connectivity index (χ0v) is 10.5. The lowest BCUT2D eigenvalue weighted by atomic mass is 10.2. The molecule has 0 fully saturated rings. The van der Waals surface area contributed by atoms with Crippen LogP contribution < -0.4 is 11.1 Å². The van der Waals surface area contributed by atoms with E-state index in [0.29, 0.717) is 5.01 Å². The molecule has 0 aliphatic rings. The van der Waals surface area contributed by atoms with Crippen LogP contribution in [-0.2, 0) is 0 Å². The normalized spacial score (nSPS) is 10.2. The van der Waals surface area contributed by atoms with Crippen molar-refractivity contribution in [2.45, 2.75) is 6.92 Å². The van der Waals surface area contributed by atoms with Gasteiger partial charge in [-0.3, -0.25) is 20.2 Å². The highest BCUT2D eigenvalue weighted by molar-refractivity contribution is 7.15. The summed E-state index contributed by atoms with van der Waals surface area (Å²) < 4.78 is 0. The van der Waals surface area contributed by atoms with Gasteiger partial charge < -0.3 is 5.73 Å². The third-order valence-corrected chi connectivity index (χ3v) is 2.86. The molecule has 2 aromatic rings. The summed E-state index contributed by atoms with van der Waals surface area (Å²) in [5.41, 5.74) is 5.13. The maximum Gasteiger partial charge on any atom is 0.288 e. The van der Waals surface area contributed by atoms with Gasteiger partial charge in [0.1, 0.15) is 17.0 Å². The van der Waals surface area contributed by atoms with Crippen molar-refractivity contribution in [3.05, 3.63) is 32.9 Å². The molecule has 0 atom stereocenters. The number of nitro groups is 1.